The van der Waals surface area contributed by atoms with Crippen molar-refractivity contribution in [1.29, 1.82) is 0 Å². The Hall–Kier alpha value is -1.06. The van der Waals surface area contributed by atoms with Crippen molar-refractivity contribution < 1.29 is 19.4 Å². The van der Waals surface area contributed by atoms with Gasteiger partial charge in [0.1, 0.15) is 6.10 Å². The Kier molecular flexibility index (Phi) is 29.4. The van der Waals surface area contributed by atoms with Crippen LogP contribution in [0.2, 0.25) is 0 Å². The van der Waals surface area contributed by atoms with E-state index < -0.39 is 5.97 Å². The summed E-state index contributed by atoms with van der Waals surface area (Å²) in [5.74, 6) is -0.254. The molecule has 0 heterocycles. The summed E-state index contributed by atoms with van der Waals surface area (Å²) in [6.07, 6.45) is 23.3. The van der Waals surface area contributed by atoms with Gasteiger partial charge < -0.3 is 9.84 Å². The van der Waals surface area contributed by atoms with Gasteiger partial charge in [-0.1, -0.05) is 125 Å². The van der Waals surface area contributed by atoms with Gasteiger partial charge in [0.25, 0.3) is 0 Å². The van der Waals surface area contributed by atoms with Gasteiger partial charge in [0, 0.05) is 6.42 Å². The Labute approximate surface area is 225 Å². The SMILES string of the molecule is CCCCCC(=O)OC(CCCC)CCCCC.CCCCCC(CCCC)C(CCCC)C(=O)O. The van der Waals surface area contributed by atoms with E-state index in [9.17, 15) is 14.7 Å². The van der Waals surface area contributed by atoms with E-state index in [4.69, 9.17) is 4.74 Å². The van der Waals surface area contributed by atoms with Crippen molar-refractivity contribution >= 4 is 11.9 Å². The van der Waals surface area contributed by atoms with Crippen LogP contribution in [0.1, 0.15) is 176 Å². The van der Waals surface area contributed by atoms with Crippen LogP contribution in [0.15, 0.2) is 0 Å². The average Bonchev–Trinajstić information content (AvgIpc) is 2.86. The van der Waals surface area contributed by atoms with Gasteiger partial charge >= 0.3 is 11.9 Å². The minimum atomic E-state index is -0.568. The molecule has 0 saturated carbocycles. The van der Waals surface area contributed by atoms with Crippen LogP contribution >= 0.6 is 0 Å². The number of aliphatic carboxylic acids is 1. The predicted molar refractivity (Wildman–Crippen MR) is 155 cm³/mol. The molecule has 0 aliphatic rings. The van der Waals surface area contributed by atoms with Crippen LogP contribution in [0.25, 0.3) is 0 Å². The zero-order valence-electron chi connectivity index (χ0n) is 25.3. The van der Waals surface area contributed by atoms with Crippen LogP contribution in [0, 0.1) is 11.8 Å². The molecule has 0 aliphatic carbocycles. The first-order valence-corrected chi connectivity index (χ1v) is 15.8. The minimum absolute atomic E-state index is 0.0149. The van der Waals surface area contributed by atoms with E-state index in [0.29, 0.717) is 12.3 Å². The van der Waals surface area contributed by atoms with Crippen molar-refractivity contribution in [3.05, 3.63) is 0 Å². The van der Waals surface area contributed by atoms with E-state index in [0.717, 1.165) is 64.2 Å². The van der Waals surface area contributed by atoms with Crippen molar-refractivity contribution in [2.75, 3.05) is 0 Å². The molecule has 0 fully saturated rings. The standard InChI is InChI=1S/2C16H32O2/c1-4-7-10-12-14(11-8-5-2)15(16(17)18)13-9-6-3;1-4-7-10-13-15(12-9-6-3)18-16(17)14-11-8-5-2/h14-15H,4-13H2,1-3H3,(H,17,18);15H,4-14H2,1-3H3. The number of carboxylic acid groups (broad SMARTS) is 1. The summed E-state index contributed by atoms with van der Waals surface area (Å²) < 4.78 is 5.61. The summed E-state index contributed by atoms with van der Waals surface area (Å²) in [6.45, 7) is 13.1. The minimum Gasteiger partial charge on any atom is -0.481 e. The van der Waals surface area contributed by atoms with Crippen molar-refractivity contribution in [1.82, 2.24) is 0 Å². The Balaban J connectivity index is 0. The molecule has 0 aliphatic heterocycles. The van der Waals surface area contributed by atoms with Crippen LogP contribution in [-0.2, 0) is 14.3 Å². The van der Waals surface area contributed by atoms with E-state index in [1.807, 2.05) is 0 Å². The van der Waals surface area contributed by atoms with Gasteiger partial charge in [0.2, 0.25) is 0 Å². The molecule has 216 valence electrons. The molecule has 4 nitrogen and oxygen atoms in total. The van der Waals surface area contributed by atoms with Crippen molar-refractivity contribution in [2.24, 2.45) is 11.8 Å². The van der Waals surface area contributed by atoms with E-state index in [1.165, 1.54) is 64.2 Å². The topological polar surface area (TPSA) is 63.6 Å². The fourth-order valence-electron chi connectivity index (χ4n) is 4.73. The average molecular weight is 513 g/mol. The lowest BCUT2D eigenvalue weighted by atomic mass is 9.81. The fraction of sp³-hybridized carbons (Fsp3) is 0.938. The van der Waals surface area contributed by atoms with E-state index in [2.05, 4.69) is 41.5 Å². The molecule has 0 radical (unpaired) electrons. The second kappa shape index (κ2) is 28.5. The lowest BCUT2D eigenvalue weighted by molar-refractivity contribution is -0.150. The molecule has 0 spiro atoms. The second-order valence-electron chi connectivity index (χ2n) is 10.7. The van der Waals surface area contributed by atoms with Crippen LogP contribution in [0.3, 0.4) is 0 Å². The third-order valence-electron chi connectivity index (χ3n) is 7.15. The molecule has 3 unspecified atom stereocenters. The third-order valence-corrected chi connectivity index (χ3v) is 7.15. The maximum Gasteiger partial charge on any atom is 0.306 e. The molecule has 1 N–H and O–H groups in total. The van der Waals surface area contributed by atoms with E-state index in [-0.39, 0.29) is 18.0 Å². The van der Waals surface area contributed by atoms with Gasteiger partial charge in [-0.3, -0.25) is 9.59 Å². The largest absolute Gasteiger partial charge is 0.481 e. The van der Waals surface area contributed by atoms with Crippen LogP contribution in [0.5, 0.6) is 0 Å². The Morgan fingerprint density at radius 2 is 0.972 bits per heavy atom. The molecule has 0 saturated heterocycles. The molecule has 3 atom stereocenters. The zero-order chi connectivity index (χ0) is 27.4. The maximum atomic E-state index is 11.7. The Morgan fingerprint density at radius 3 is 1.50 bits per heavy atom. The third kappa shape index (κ3) is 23.3. The highest BCUT2D eigenvalue weighted by Crippen LogP contribution is 2.29. The molecule has 36 heavy (non-hydrogen) atoms. The first-order chi connectivity index (χ1) is 17.4. The second-order valence-corrected chi connectivity index (χ2v) is 10.7. The summed E-state index contributed by atoms with van der Waals surface area (Å²) in [5.41, 5.74) is 0. The van der Waals surface area contributed by atoms with Crippen LogP contribution in [-0.4, -0.2) is 23.1 Å². The lowest BCUT2D eigenvalue weighted by Crippen LogP contribution is -2.24. The molecular weight excluding hydrogens is 448 g/mol. The van der Waals surface area contributed by atoms with Gasteiger partial charge in [0.15, 0.2) is 0 Å². The number of carbonyl (C=O) groups is 2. The smallest absolute Gasteiger partial charge is 0.306 e. The number of hydrogen-bond acceptors (Lipinski definition) is 3. The number of rotatable bonds is 24. The fourth-order valence-corrected chi connectivity index (χ4v) is 4.73. The first-order valence-electron chi connectivity index (χ1n) is 15.8. The highest BCUT2D eigenvalue weighted by atomic mass is 16.5. The number of carboxylic acids is 1. The molecule has 0 aromatic heterocycles. The van der Waals surface area contributed by atoms with Crippen LogP contribution in [0.4, 0.5) is 0 Å². The molecule has 0 rings (SSSR count). The molecular formula is C32H64O4. The number of carbonyl (C=O) groups excluding carboxylic acids is 1. The summed E-state index contributed by atoms with van der Waals surface area (Å²) in [6, 6.07) is 0. The van der Waals surface area contributed by atoms with Crippen molar-refractivity contribution in [3.8, 4) is 0 Å². The molecule has 0 bridgehead atoms. The monoisotopic (exact) mass is 512 g/mol. The number of hydrogen-bond donors (Lipinski definition) is 1. The maximum absolute atomic E-state index is 11.7. The highest BCUT2D eigenvalue weighted by molar-refractivity contribution is 5.70. The number of esters is 1. The van der Waals surface area contributed by atoms with Gasteiger partial charge in [-0.05, 0) is 50.9 Å². The van der Waals surface area contributed by atoms with Crippen molar-refractivity contribution in [2.45, 2.75) is 182 Å². The normalized spacial score (nSPS) is 13.4. The van der Waals surface area contributed by atoms with Crippen LogP contribution < -0.4 is 0 Å². The predicted octanol–water partition coefficient (Wildman–Crippen LogP) is 10.5. The van der Waals surface area contributed by atoms with Gasteiger partial charge in [-0.15, -0.1) is 0 Å². The lowest BCUT2D eigenvalue weighted by Gasteiger charge is -2.24. The summed E-state index contributed by atoms with van der Waals surface area (Å²) >= 11 is 0. The first kappa shape index (κ1) is 37.1. The van der Waals surface area contributed by atoms with Gasteiger partial charge in [-0.25, -0.2) is 0 Å². The Bertz CT molecular complexity index is 475. The molecule has 0 amide bonds. The summed E-state index contributed by atoms with van der Waals surface area (Å²) in [7, 11) is 0. The molecule has 0 aromatic rings. The number of unbranched alkanes of at least 4 members (excludes halogenated alkanes) is 9. The van der Waals surface area contributed by atoms with Gasteiger partial charge in [0.05, 0.1) is 5.92 Å². The summed E-state index contributed by atoms with van der Waals surface area (Å²) in [4.78, 5) is 23.1. The quantitative estimate of drug-likeness (QED) is 0.103. The molecule has 4 heteroatoms. The van der Waals surface area contributed by atoms with E-state index in [1.54, 1.807) is 0 Å². The van der Waals surface area contributed by atoms with Gasteiger partial charge in [-0.2, -0.15) is 0 Å². The van der Waals surface area contributed by atoms with Crippen molar-refractivity contribution in [3.63, 3.8) is 0 Å². The summed E-state index contributed by atoms with van der Waals surface area (Å²) in [5, 5.41) is 9.43. The molecule has 0 aromatic carbocycles. The number of ether oxygens (including phenoxy) is 1. The Morgan fingerprint density at radius 1 is 0.556 bits per heavy atom. The van der Waals surface area contributed by atoms with E-state index >= 15 is 0 Å². The zero-order valence-corrected chi connectivity index (χ0v) is 25.3. The highest BCUT2D eigenvalue weighted by Gasteiger charge is 2.26.